The van der Waals surface area contributed by atoms with E-state index >= 15 is 0 Å². The first-order chi connectivity index (χ1) is 21.5. The second-order valence-electron chi connectivity index (χ2n) is 12.8. The fourth-order valence-corrected chi connectivity index (χ4v) is 5.18. The molecule has 0 aromatic heterocycles. The second-order valence-corrected chi connectivity index (χ2v) is 12.8. The third-order valence-electron chi connectivity index (χ3n) is 8.04. The molecule has 0 bridgehead atoms. The van der Waals surface area contributed by atoms with Gasteiger partial charge in [-0.05, 0) is 50.9 Å². The zero-order chi connectivity index (χ0) is 32.1. The Labute approximate surface area is 270 Å². The molecule has 1 saturated heterocycles. The molecule has 1 aliphatic heterocycles. The lowest BCUT2D eigenvalue weighted by Crippen LogP contribution is -2.28. The predicted molar refractivity (Wildman–Crippen MR) is 181 cm³/mol. The van der Waals surface area contributed by atoms with Crippen LogP contribution in [0.4, 0.5) is 0 Å². The largest absolute Gasteiger partial charge is 0.462 e. The molecule has 0 amide bonds. The molecule has 1 heterocycles. The van der Waals surface area contributed by atoms with Crippen molar-refractivity contribution in [3.8, 4) is 0 Å². The van der Waals surface area contributed by atoms with E-state index in [-0.39, 0.29) is 31.6 Å². The number of esters is 2. The summed E-state index contributed by atoms with van der Waals surface area (Å²) < 4.78 is 16.2. The Morgan fingerprint density at radius 2 is 1.34 bits per heavy atom. The van der Waals surface area contributed by atoms with Gasteiger partial charge < -0.3 is 19.3 Å². The highest BCUT2D eigenvalue weighted by molar-refractivity contribution is 5.70. The highest BCUT2D eigenvalue weighted by Crippen LogP contribution is 2.30. The van der Waals surface area contributed by atoms with Gasteiger partial charge in [0.2, 0.25) is 0 Å². The predicted octanol–water partition coefficient (Wildman–Crippen LogP) is 9.74. The summed E-state index contributed by atoms with van der Waals surface area (Å²) >= 11 is 0. The number of hydrogen-bond acceptors (Lipinski definition) is 6. The Kier molecular flexibility index (Phi) is 26.0. The molecule has 0 aromatic carbocycles. The summed E-state index contributed by atoms with van der Waals surface area (Å²) in [5, 5.41) is 9.51. The van der Waals surface area contributed by atoms with E-state index in [2.05, 4.69) is 57.2 Å². The molecule has 0 radical (unpaired) electrons. The number of aliphatic hydroxyl groups is 1. The topological polar surface area (TPSA) is 85.4 Å². The van der Waals surface area contributed by atoms with Crippen molar-refractivity contribution >= 4 is 11.9 Å². The van der Waals surface area contributed by atoms with Crippen LogP contribution in [0, 0.1) is 5.92 Å². The number of carbonyl (C=O) groups excluding carboxylic acids is 2. The zero-order valence-corrected chi connectivity index (χ0v) is 28.5. The lowest BCUT2D eigenvalue weighted by Gasteiger charge is -2.15. The SMILES string of the molecule is CCCCCC1OC1C/C=C\C/C=C\C/C=C\CCCC(=O)O[C@@H](CO)COC(=O)CCCCCCCCCCCC(C)C. The summed E-state index contributed by atoms with van der Waals surface area (Å²) in [5.41, 5.74) is 0. The molecule has 1 N–H and O–H groups in total. The van der Waals surface area contributed by atoms with E-state index in [0.29, 0.717) is 25.0 Å². The molecule has 0 aromatic rings. The minimum atomic E-state index is -0.800. The van der Waals surface area contributed by atoms with Crippen LogP contribution < -0.4 is 0 Å². The Balaban J connectivity index is 1.95. The van der Waals surface area contributed by atoms with Gasteiger partial charge in [-0.1, -0.05) is 134 Å². The molecule has 254 valence electrons. The van der Waals surface area contributed by atoms with E-state index in [4.69, 9.17) is 14.2 Å². The molecule has 0 saturated carbocycles. The van der Waals surface area contributed by atoms with Crippen molar-refractivity contribution in [2.75, 3.05) is 13.2 Å². The molecule has 6 nitrogen and oxygen atoms in total. The monoisotopic (exact) mass is 618 g/mol. The number of aliphatic hydroxyl groups excluding tert-OH is 1. The number of allylic oxidation sites excluding steroid dienone is 5. The van der Waals surface area contributed by atoms with Gasteiger partial charge in [0.15, 0.2) is 6.10 Å². The third kappa shape index (κ3) is 25.4. The lowest BCUT2D eigenvalue weighted by molar-refractivity contribution is -0.161. The summed E-state index contributed by atoms with van der Waals surface area (Å²) in [7, 11) is 0. The van der Waals surface area contributed by atoms with E-state index in [1.807, 2.05) is 0 Å². The Morgan fingerprint density at radius 1 is 0.727 bits per heavy atom. The van der Waals surface area contributed by atoms with Gasteiger partial charge in [-0.3, -0.25) is 9.59 Å². The van der Waals surface area contributed by atoms with Crippen LogP contribution in [0.5, 0.6) is 0 Å². The average molecular weight is 619 g/mol. The Hall–Kier alpha value is -1.92. The molecular formula is C38H66O6. The summed E-state index contributed by atoms with van der Waals surface area (Å²) in [5.74, 6) is 0.149. The van der Waals surface area contributed by atoms with Crippen molar-refractivity contribution in [1.82, 2.24) is 0 Å². The van der Waals surface area contributed by atoms with Crippen molar-refractivity contribution in [3.63, 3.8) is 0 Å². The molecule has 6 heteroatoms. The smallest absolute Gasteiger partial charge is 0.306 e. The van der Waals surface area contributed by atoms with Gasteiger partial charge in [0, 0.05) is 12.8 Å². The van der Waals surface area contributed by atoms with E-state index < -0.39 is 6.10 Å². The van der Waals surface area contributed by atoms with Gasteiger partial charge in [0.05, 0.1) is 18.8 Å². The van der Waals surface area contributed by atoms with Crippen LogP contribution >= 0.6 is 0 Å². The van der Waals surface area contributed by atoms with Gasteiger partial charge in [-0.25, -0.2) is 0 Å². The first-order valence-electron chi connectivity index (χ1n) is 18.0. The lowest BCUT2D eigenvalue weighted by atomic mass is 10.0. The molecule has 2 unspecified atom stereocenters. The minimum absolute atomic E-state index is 0.0900. The number of ether oxygens (including phenoxy) is 3. The Bertz CT molecular complexity index is 786. The van der Waals surface area contributed by atoms with E-state index in [1.165, 1.54) is 70.6 Å². The van der Waals surface area contributed by atoms with Crippen LogP contribution in [0.25, 0.3) is 0 Å². The molecule has 0 aliphatic carbocycles. The zero-order valence-electron chi connectivity index (χ0n) is 28.5. The average Bonchev–Trinajstić information content (AvgIpc) is 3.76. The fourth-order valence-electron chi connectivity index (χ4n) is 5.18. The molecular weight excluding hydrogens is 552 g/mol. The first-order valence-corrected chi connectivity index (χ1v) is 18.0. The van der Waals surface area contributed by atoms with E-state index in [9.17, 15) is 14.7 Å². The fraction of sp³-hybridized carbons (Fsp3) is 0.789. The van der Waals surface area contributed by atoms with E-state index in [1.54, 1.807) is 0 Å². The van der Waals surface area contributed by atoms with Gasteiger partial charge >= 0.3 is 11.9 Å². The normalized spacial score (nSPS) is 17.3. The van der Waals surface area contributed by atoms with Gasteiger partial charge in [0.1, 0.15) is 6.61 Å². The number of hydrogen-bond donors (Lipinski definition) is 1. The van der Waals surface area contributed by atoms with Crippen LogP contribution in [-0.4, -0.2) is 48.6 Å². The maximum Gasteiger partial charge on any atom is 0.306 e. The Morgan fingerprint density at radius 3 is 2.00 bits per heavy atom. The molecule has 1 rings (SSSR count). The molecule has 44 heavy (non-hydrogen) atoms. The minimum Gasteiger partial charge on any atom is -0.462 e. The quantitative estimate of drug-likeness (QED) is 0.0373. The van der Waals surface area contributed by atoms with E-state index in [0.717, 1.165) is 50.9 Å². The number of unbranched alkanes of at least 4 members (excludes halogenated alkanes) is 11. The van der Waals surface area contributed by atoms with Crippen molar-refractivity contribution in [2.45, 2.75) is 174 Å². The van der Waals surface area contributed by atoms with Crippen LogP contribution in [0.3, 0.4) is 0 Å². The van der Waals surface area contributed by atoms with Crippen molar-refractivity contribution in [1.29, 1.82) is 0 Å². The summed E-state index contributed by atoms with van der Waals surface area (Å²) in [4.78, 5) is 24.1. The van der Waals surface area contributed by atoms with Crippen molar-refractivity contribution in [2.24, 2.45) is 5.92 Å². The van der Waals surface area contributed by atoms with Gasteiger partial charge in [-0.15, -0.1) is 0 Å². The van der Waals surface area contributed by atoms with Crippen LogP contribution in [-0.2, 0) is 23.8 Å². The molecule has 1 fully saturated rings. The van der Waals surface area contributed by atoms with Crippen molar-refractivity contribution in [3.05, 3.63) is 36.5 Å². The second kappa shape index (κ2) is 28.5. The maximum absolute atomic E-state index is 12.1. The highest BCUT2D eigenvalue weighted by atomic mass is 16.6. The van der Waals surface area contributed by atoms with Gasteiger partial charge in [0.25, 0.3) is 0 Å². The number of epoxide rings is 1. The molecule has 0 spiro atoms. The number of rotatable bonds is 30. The van der Waals surface area contributed by atoms with Crippen molar-refractivity contribution < 1.29 is 28.9 Å². The highest BCUT2D eigenvalue weighted by Gasteiger charge is 2.36. The van der Waals surface area contributed by atoms with Crippen LogP contribution in [0.2, 0.25) is 0 Å². The van der Waals surface area contributed by atoms with Gasteiger partial charge in [-0.2, -0.15) is 0 Å². The molecule has 1 aliphatic rings. The first kappa shape index (κ1) is 40.1. The summed E-state index contributed by atoms with van der Waals surface area (Å²) in [6.45, 7) is 6.36. The van der Waals surface area contributed by atoms with Crippen LogP contribution in [0.1, 0.15) is 156 Å². The standard InChI is InChI=1S/C38H66O6/c1-4-5-21-27-35-36(44-35)28-23-18-14-10-6-7-11-16-20-25-30-38(41)43-34(31-39)32-42-37(40)29-24-19-15-12-8-9-13-17-22-26-33(2)3/h6,10-11,16,18,23,33-36,39H,4-5,7-9,12-15,17,19-22,24-32H2,1-3H3/b10-6-,16-11-,23-18-/t34-,35?,36?/m0/s1. The molecule has 3 atom stereocenters. The maximum atomic E-state index is 12.1. The summed E-state index contributed by atoms with van der Waals surface area (Å²) in [6, 6.07) is 0. The van der Waals surface area contributed by atoms with Crippen LogP contribution in [0.15, 0.2) is 36.5 Å². The summed E-state index contributed by atoms with van der Waals surface area (Å²) in [6.07, 6.45) is 35.3. The third-order valence-corrected chi connectivity index (χ3v) is 8.04. The number of carbonyl (C=O) groups is 2.